The van der Waals surface area contributed by atoms with Crippen molar-refractivity contribution in [1.82, 2.24) is 9.55 Å². The second-order valence-corrected chi connectivity index (χ2v) is 6.55. The maximum Gasteiger partial charge on any atom is 0.329 e. The number of rotatable bonds is 2. The third kappa shape index (κ3) is 2.31. The fourth-order valence-corrected chi connectivity index (χ4v) is 3.89. The molecule has 1 aliphatic heterocycles. The molecular formula is C19H19N3O4. The van der Waals surface area contributed by atoms with Crippen molar-refractivity contribution in [3.8, 4) is 5.75 Å². The van der Waals surface area contributed by atoms with Gasteiger partial charge in [0.25, 0.3) is 5.56 Å². The van der Waals surface area contributed by atoms with Crippen molar-refractivity contribution in [2.75, 3.05) is 12.4 Å². The molecule has 0 saturated carbocycles. The molecular weight excluding hydrogens is 334 g/mol. The van der Waals surface area contributed by atoms with E-state index in [-0.39, 0.29) is 5.78 Å². The van der Waals surface area contributed by atoms with Gasteiger partial charge in [0.15, 0.2) is 5.78 Å². The summed E-state index contributed by atoms with van der Waals surface area (Å²) in [6.07, 6.45) is 1.90. The van der Waals surface area contributed by atoms with Crippen LogP contribution in [0.15, 0.2) is 45.1 Å². The fraction of sp³-hybridized carbons (Fsp3) is 0.316. The number of anilines is 1. The molecule has 1 aromatic carbocycles. The van der Waals surface area contributed by atoms with E-state index in [4.69, 9.17) is 4.74 Å². The number of ether oxygens (including phenoxy) is 1. The van der Waals surface area contributed by atoms with Crippen LogP contribution in [0.4, 0.5) is 5.82 Å². The largest absolute Gasteiger partial charge is 0.496 e. The molecule has 0 bridgehead atoms. The van der Waals surface area contributed by atoms with Gasteiger partial charge in [0.1, 0.15) is 11.6 Å². The second-order valence-electron chi connectivity index (χ2n) is 6.55. The van der Waals surface area contributed by atoms with Gasteiger partial charge in [0.05, 0.1) is 18.6 Å². The van der Waals surface area contributed by atoms with Gasteiger partial charge in [-0.3, -0.25) is 19.1 Å². The van der Waals surface area contributed by atoms with Crippen LogP contribution in [0.2, 0.25) is 0 Å². The Morgan fingerprint density at radius 3 is 2.69 bits per heavy atom. The highest BCUT2D eigenvalue weighted by atomic mass is 16.5. The number of hydrogen-bond donors (Lipinski definition) is 2. The molecule has 0 radical (unpaired) electrons. The molecule has 2 aromatic rings. The van der Waals surface area contributed by atoms with Gasteiger partial charge < -0.3 is 10.1 Å². The molecule has 7 heteroatoms. The van der Waals surface area contributed by atoms with Crippen LogP contribution in [0.25, 0.3) is 0 Å². The Hall–Kier alpha value is -3.09. The van der Waals surface area contributed by atoms with Gasteiger partial charge in [-0.1, -0.05) is 18.2 Å². The quantitative estimate of drug-likeness (QED) is 0.856. The smallest absolute Gasteiger partial charge is 0.329 e. The van der Waals surface area contributed by atoms with Crippen molar-refractivity contribution in [3.05, 3.63) is 67.5 Å². The number of H-pyrrole nitrogens is 1. The maximum atomic E-state index is 12.8. The first-order chi connectivity index (χ1) is 12.5. The number of nitrogens with one attached hydrogen (secondary N) is 2. The molecule has 2 heterocycles. The monoisotopic (exact) mass is 353 g/mol. The fourth-order valence-electron chi connectivity index (χ4n) is 3.89. The van der Waals surface area contributed by atoms with Gasteiger partial charge in [0.2, 0.25) is 0 Å². The van der Waals surface area contributed by atoms with E-state index in [2.05, 4.69) is 10.3 Å². The minimum atomic E-state index is -0.569. The lowest BCUT2D eigenvalue weighted by Crippen LogP contribution is -2.39. The van der Waals surface area contributed by atoms with Crippen LogP contribution in [0.3, 0.4) is 0 Å². The van der Waals surface area contributed by atoms with E-state index in [1.807, 2.05) is 18.2 Å². The Morgan fingerprint density at radius 2 is 1.92 bits per heavy atom. The summed E-state index contributed by atoms with van der Waals surface area (Å²) in [4.78, 5) is 39.9. The van der Waals surface area contributed by atoms with Gasteiger partial charge in [-0.15, -0.1) is 0 Å². The number of allylic oxidation sites excluding steroid dienone is 2. The number of Topliss-reactive ketones (excluding diaryl/α,β-unsaturated/α-hetero) is 1. The first-order valence-corrected chi connectivity index (χ1v) is 8.52. The van der Waals surface area contributed by atoms with Crippen LogP contribution < -0.4 is 21.3 Å². The average molecular weight is 353 g/mol. The average Bonchev–Trinajstić information content (AvgIpc) is 2.65. The molecule has 0 saturated heterocycles. The standard InChI is InChI=1S/C19H19N3O4/c1-22-17-16(18(24)21-19(22)25)14(10-6-3-4-9-13(10)26-2)15-11(20-17)7-5-8-12(15)23/h3-4,6,9,14,20H,5,7-8H2,1-2H3,(H,21,24,25)/t14-/m1/s1. The number of carbonyl (C=O) groups is 1. The molecule has 1 aliphatic carbocycles. The summed E-state index contributed by atoms with van der Waals surface area (Å²) in [6.45, 7) is 0. The predicted molar refractivity (Wildman–Crippen MR) is 96.6 cm³/mol. The molecule has 2 N–H and O–H groups in total. The number of fused-ring (bicyclic) bond motifs is 1. The highest BCUT2D eigenvalue weighted by Gasteiger charge is 2.39. The number of ketones is 1. The van der Waals surface area contributed by atoms with Crippen molar-refractivity contribution < 1.29 is 9.53 Å². The Balaban J connectivity index is 2.09. The Labute approximate surface area is 149 Å². The van der Waals surface area contributed by atoms with Crippen LogP contribution in [-0.4, -0.2) is 22.4 Å². The van der Waals surface area contributed by atoms with Gasteiger partial charge in [0, 0.05) is 30.3 Å². The van der Waals surface area contributed by atoms with Gasteiger partial charge in [-0.25, -0.2) is 4.79 Å². The maximum absolute atomic E-state index is 12.8. The van der Waals surface area contributed by atoms with E-state index in [1.54, 1.807) is 20.2 Å². The lowest BCUT2D eigenvalue weighted by molar-refractivity contribution is -0.116. The van der Waals surface area contributed by atoms with Crippen molar-refractivity contribution in [1.29, 1.82) is 0 Å². The highest BCUT2D eigenvalue weighted by Crippen LogP contribution is 2.45. The third-order valence-electron chi connectivity index (χ3n) is 5.11. The summed E-state index contributed by atoms with van der Waals surface area (Å²) in [6, 6.07) is 7.35. The number of hydrogen-bond acceptors (Lipinski definition) is 5. The van der Waals surface area contributed by atoms with Crippen molar-refractivity contribution in [2.24, 2.45) is 7.05 Å². The summed E-state index contributed by atoms with van der Waals surface area (Å²) >= 11 is 0. The molecule has 0 spiro atoms. The van der Waals surface area contributed by atoms with E-state index in [0.717, 1.165) is 17.7 Å². The number of nitrogens with zero attached hydrogens (tertiary/aromatic N) is 1. The molecule has 134 valence electrons. The number of benzene rings is 1. The van der Waals surface area contributed by atoms with Crippen molar-refractivity contribution >= 4 is 11.6 Å². The van der Waals surface area contributed by atoms with E-state index in [1.165, 1.54) is 4.57 Å². The molecule has 2 aliphatic rings. The summed E-state index contributed by atoms with van der Waals surface area (Å²) in [5.74, 6) is 0.487. The second kappa shape index (κ2) is 6.01. The van der Waals surface area contributed by atoms with Gasteiger partial charge in [-0.05, 0) is 18.9 Å². The van der Waals surface area contributed by atoms with E-state index in [0.29, 0.717) is 35.5 Å². The number of para-hydroxylation sites is 1. The number of aromatic nitrogens is 2. The minimum Gasteiger partial charge on any atom is -0.496 e. The SMILES string of the molecule is COc1ccccc1[C@@H]1C2=C(CCCC2=O)Nc2c1c(=O)[nH]c(=O)n2C. The third-order valence-corrected chi connectivity index (χ3v) is 5.11. The zero-order valence-electron chi connectivity index (χ0n) is 14.6. The van der Waals surface area contributed by atoms with Crippen LogP contribution in [-0.2, 0) is 11.8 Å². The van der Waals surface area contributed by atoms with Crippen LogP contribution in [0, 0.1) is 0 Å². The minimum absolute atomic E-state index is 0.0218. The number of carbonyl (C=O) groups excluding carboxylic acids is 1. The summed E-state index contributed by atoms with van der Waals surface area (Å²) in [7, 11) is 3.16. The van der Waals surface area contributed by atoms with Crippen LogP contribution in [0.1, 0.15) is 36.3 Å². The van der Waals surface area contributed by atoms with Gasteiger partial charge >= 0.3 is 5.69 Å². The molecule has 7 nitrogen and oxygen atoms in total. The van der Waals surface area contributed by atoms with Crippen molar-refractivity contribution in [3.63, 3.8) is 0 Å². The van der Waals surface area contributed by atoms with Crippen LogP contribution >= 0.6 is 0 Å². The van der Waals surface area contributed by atoms with E-state index < -0.39 is 17.2 Å². The highest BCUT2D eigenvalue weighted by molar-refractivity contribution is 6.01. The molecule has 0 unspecified atom stereocenters. The van der Waals surface area contributed by atoms with Crippen LogP contribution in [0.5, 0.6) is 5.75 Å². The first-order valence-electron chi connectivity index (χ1n) is 8.52. The molecule has 26 heavy (non-hydrogen) atoms. The van der Waals surface area contributed by atoms with E-state index >= 15 is 0 Å². The lowest BCUT2D eigenvalue weighted by Gasteiger charge is -2.34. The predicted octanol–water partition coefficient (Wildman–Crippen LogP) is 1.65. The summed E-state index contributed by atoms with van der Waals surface area (Å²) in [5, 5.41) is 3.18. The molecule has 1 atom stereocenters. The van der Waals surface area contributed by atoms with Gasteiger partial charge in [-0.2, -0.15) is 0 Å². The zero-order valence-corrected chi connectivity index (χ0v) is 14.6. The summed E-state index contributed by atoms with van der Waals surface area (Å²) in [5.41, 5.74) is 1.50. The Bertz CT molecular complexity index is 1060. The summed E-state index contributed by atoms with van der Waals surface area (Å²) < 4.78 is 6.86. The van der Waals surface area contributed by atoms with Crippen molar-refractivity contribution in [2.45, 2.75) is 25.2 Å². The molecule has 0 amide bonds. The normalized spacial score (nSPS) is 18.8. The topological polar surface area (TPSA) is 93.2 Å². The first kappa shape index (κ1) is 16.4. The molecule has 1 aromatic heterocycles. The number of aromatic amines is 1. The Kier molecular flexibility index (Phi) is 3.79. The zero-order chi connectivity index (χ0) is 18.4. The molecule has 4 rings (SSSR count). The number of methoxy groups -OCH3 is 1. The Morgan fingerprint density at radius 1 is 1.15 bits per heavy atom. The lowest BCUT2D eigenvalue weighted by atomic mass is 9.76. The van der Waals surface area contributed by atoms with E-state index in [9.17, 15) is 14.4 Å². The molecule has 0 fully saturated rings.